The van der Waals surface area contributed by atoms with Crippen LogP contribution in [0.2, 0.25) is 0 Å². The van der Waals surface area contributed by atoms with E-state index in [0.717, 1.165) is 33.3 Å². The van der Waals surface area contributed by atoms with E-state index in [1.165, 1.54) is 23.4 Å². The Hall–Kier alpha value is -3.52. The molecule has 1 aliphatic heterocycles. The van der Waals surface area contributed by atoms with Crippen LogP contribution in [0, 0.1) is 23.0 Å². The summed E-state index contributed by atoms with van der Waals surface area (Å²) in [6, 6.07) is 12.1. The fraction of sp³-hybridized carbons (Fsp3) is 0.280. The highest BCUT2D eigenvalue weighted by Gasteiger charge is 2.43. The highest BCUT2D eigenvalue weighted by atomic mass is 32.1. The molecule has 10 heteroatoms. The Morgan fingerprint density at radius 1 is 1.23 bits per heavy atom. The number of hydrogen-bond acceptors (Lipinski definition) is 7. The fourth-order valence-corrected chi connectivity index (χ4v) is 5.64. The Morgan fingerprint density at radius 2 is 2.03 bits per heavy atom. The second kappa shape index (κ2) is 9.26. The average molecular weight is 493 g/mol. The van der Waals surface area contributed by atoms with Crippen molar-refractivity contribution in [2.75, 3.05) is 6.54 Å². The zero-order chi connectivity index (χ0) is 24.6. The SMILES string of the molecule is C[C@@H](N1CCc2nc(-c3ccc(C#N)cc3)sc2C1)[C@](O)(Cn1cncn1)c1ccc(F)cc1F. The van der Waals surface area contributed by atoms with Crippen molar-refractivity contribution in [1.29, 1.82) is 5.26 Å². The maximum atomic E-state index is 14.9. The Morgan fingerprint density at radius 3 is 2.71 bits per heavy atom. The van der Waals surface area contributed by atoms with Crippen molar-refractivity contribution >= 4 is 11.3 Å². The van der Waals surface area contributed by atoms with E-state index in [1.807, 2.05) is 19.1 Å². The van der Waals surface area contributed by atoms with E-state index in [1.54, 1.807) is 23.5 Å². The molecule has 0 unspecified atom stereocenters. The predicted octanol–water partition coefficient (Wildman–Crippen LogP) is 3.89. The third-order valence-electron chi connectivity index (χ3n) is 6.53. The monoisotopic (exact) mass is 492 g/mol. The molecule has 0 radical (unpaired) electrons. The molecule has 1 aliphatic rings. The highest BCUT2D eigenvalue weighted by molar-refractivity contribution is 7.15. The number of thiazole rings is 1. The van der Waals surface area contributed by atoms with Gasteiger partial charge < -0.3 is 5.11 Å². The molecule has 178 valence electrons. The lowest BCUT2D eigenvalue weighted by Gasteiger charge is -2.42. The normalized spacial score (nSPS) is 16.3. The molecule has 0 bridgehead atoms. The molecule has 2 atom stereocenters. The zero-order valence-corrected chi connectivity index (χ0v) is 19.7. The van der Waals surface area contributed by atoms with Gasteiger partial charge in [-0.1, -0.05) is 18.2 Å². The molecule has 0 saturated heterocycles. The largest absolute Gasteiger partial charge is 0.381 e. The lowest BCUT2D eigenvalue weighted by atomic mass is 9.85. The molecule has 2 aromatic heterocycles. The molecule has 4 aromatic rings. The van der Waals surface area contributed by atoms with Crippen LogP contribution >= 0.6 is 11.3 Å². The lowest BCUT2D eigenvalue weighted by Crippen LogP contribution is -2.53. The second-order valence-corrected chi connectivity index (χ2v) is 9.70. The molecule has 0 fully saturated rings. The topological polar surface area (TPSA) is 90.9 Å². The summed E-state index contributed by atoms with van der Waals surface area (Å²) in [7, 11) is 0. The highest BCUT2D eigenvalue weighted by Crippen LogP contribution is 2.37. The van der Waals surface area contributed by atoms with Crippen molar-refractivity contribution in [2.45, 2.75) is 38.1 Å². The molecular weight excluding hydrogens is 470 g/mol. The first-order chi connectivity index (χ1) is 16.9. The molecule has 0 saturated carbocycles. The van der Waals surface area contributed by atoms with Crippen molar-refractivity contribution in [3.63, 3.8) is 0 Å². The number of aliphatic hydroxyl groups is 1. The first kappa shape index (κ1) is 23.2. The smallest absolute Gasteiger partial charge is 0.137 e. The Bertz CT molecular complexity index is 1380. The van der Waals surface area contributed by atoms with Crippen LogP contribution in [0.1, 0.15) is 28.6 Å². The number of fused-ring (bicyclic) bond motifs is 1. The van der Waals surface area contributed by atoms with Gasteiger partial charge in [-0.2, -0.15) is 10.4 Å². The molecule has 3 heterocycles. The minimum atomic E-state index is -1.69. The van der Waals surface area contributed by atoms with Gasteiger partial charge in [0.15, 0.2) is 0 Å². The number of nitriles is 1. The molecule has 2 aromatic carbocycles. The maximum absolute atomic E-state index is 14.9. The van der Waals surface area contributed by atoms with E-state index in [-0.39, 0.29) is 12.1 Å². The van der Waals surface area contributed by atoms with Crippen LogP contribution in [0.15, 0.2) is 55.1 Å². The molecule has 5 rings (SSSR count). The number of aromatic nitrogens is 4. The number of halogens is 2. The van der Waals surface area contributed by atoms with Gasteiger partial charge in [0, 0.05) is 47.6 Å². The summed E-state index contributed by atoms with van der Waals surface area (Å²) in [6.07, 6.45) is 3.49. The van der Waals surface area contributed by atoms with Crippen LogP contribution < -0.4 is 0 Å². The van der Waals surface area contributed by atoms with E-state index in [2.05, 4.69) is 21.1 Å². The van der Waals surface area contributed by atoms with Gasteiger partial charge in [0.2, 0.25) is 0 Å². The summed E-state index contributed by atoms with van der Waals surface area (Å²) in [6.45, 7) is 2.95. The Kier molecular flexibility index (Phi) is 6.15. The summed E-state index contributed by atoms with van der Waals surface area (Å²) in [5, 5.41) is 25.9. The van der Waals surface area contributed by atoms with Gasteiger partial charge in [-0.15, -0.1) is 11.3 Å². The van der Waals surface area contributed by atoms with Crippen LogP contribution in [-0.4, -0.2) is 42.3 Å². The van der Waals surface area contributed by atoms with E-state index >= 15 is 0 Å². The predicted molar refractivity (Wildman–Crippen MR) is 126 cm³/mol. The fourth-order valence-electron chi connectivity index (χ4n) is 4.50. The van der Waals surface area contributed by atoms with Gasteiger partial charge in [-0.25, -0.2) is 23.4 Å². The van der Waals surface area contributed by atoms with Gasteiger partial charge in [0.05, 0.1) is 23.9 Å². The second-order valence-electron chi connectivity index (χ2n) is 8.62. The number of benzene rings is 2. The van der Waals surface area contributed by atoms with Crippen molar-refractivity contribution in [3.05, 3.63) is 88.5 Å². The number of hydrogen-bond donors (Lipinski definition) is 1. The van der Waals surface area contributed by atoms with Crippen LogP contribution in [0.3, 0.4) is 0 Å². The summed E-state index contributed by atoms with van der Waals surface area (Å²) < 4.78 is 30.0. The van der Waals surface area contributed by atoms with Gasteiger partial charge in [-0.05, 0) is 25.1 Å². The molecule has 7 nitrogen and oxygen atoms in total. The summed E-state index contributed by atoms with van der Waals surface area (Å²) >= 11 is 1.57. The molecule has 0 aliphatic carbocycles. The first-order valence-electron chi connectivity index (χ1n) is 11.1. The maximum Gasteiger partial charge on any atom is 0.137 e. The van der Waals surface area contributed by atoms with Crippen LogP contribution in [0.4, 0.5) is 8.78 Å². The van der Waals surface area contributed by atoms with E-state index < -0.39 is 23.3 Å². The van der Waals surface area contributed by atoms with Crippen molar-refractivity contribution < 1.29 is 13.9 Å². The van der Waals surface area contributed by atoms with Crippen LogP contribution in [0.25, 0.3) is 10.6 Å². The van der Waals surface area contributed by atoms with E-state index in [9.17, 15) is 13.9 Å². The molecular formula is C25H22F2N6OS. The minimum absolute atomic E-state index is 0.00951. The van der Waals surface area contributed by atoms with Gasteiger partial charge >= 0.3 is 0 Å². The van der Waals surface area contributed by atoms with Gasteiger partial charge in [0.1, 0.15) is 34.9 Å². The molecule has 1 N–H and O–H groups in total. The summed E-state index contributed by atoms with van der Waals surface area (Å²) in [4.78, 5) is 11.9. The minimum Gasteiger partial charge on any atom is -0.381 e. The number of rotatable bonds is 6. The van der Waals surface area contributed by atoms with E-state index in [4.69, 9.17) is 10.2 Å². The van der Waals surface area contributed by atoms with Crippen molar-refractivity contribution in [3.8, 4) is 16.6 Å². The Labute approximate surface area is 204 Å². The summed E-state index contributed by atoms with van der Waals surface area (Å²) in [5.74, 6) is -1.51. The molecule has 35 heavy (non-hydrogen) atoms. The summed E-state index contributed by atoms with van der Waals surface area (Å²) in [5.41, 5.74) is 0.860. The third kappa shape index (κ3) is 4.46. The molecule has 0 amide bonds. The van der Waals surface area contributed by atoms with E-state index in [0.29, 0.717) is 25.1 Å². The van der Waals surface area contributed by atoms with Crippen LogP contribution in [0.5, 0.6) is 0 Å². The average Bonchev–Trinajstić information content (AvgIpc) is 3.52. The van der Waals surface area contributed by atoms with Crippen LogP contribution in [-0.2, 0) is 25.1 Å². The Balaban J connectivity index is 1.44. The first-order valence-corrected chi connectivity index (χ1v) is 11.9. The van der Waals surface area contributed by atoms with Crippen molar-refractivity contribution in [1.82, 2.24) is 24.6 Å². The quantitative estimate of drug-likeness (QED) is 0.439. The zero-order valence-electron chi connectivity index (χ0n) is 18.9. The van der Waals surface area contributed by atoms with Gasteiger partial charge in [-0.3, -0.25) is 4.90 Å². The lowest BCUT2D eigenvalue weighted by molar-refractivity contribution is -0.0675. The number of nitrogens with zero attached hydrogens (tertiary/aromatic N) is 6. The molecule has 0 spiro atoms. The third-order valence-corrected chi connectivity index (χ3v) is 7.66. The van der Waals surface area contributed by atoms with Gasteiger partial charge in [0.25, 0.3) is 0 Å². The standard InChI is InChI=1S/C25H22F2N6OS/c1-16(25(34,13-33-15-29-14-30-33)20-7-6-19(26)10-21(20)27)32-9-8-22-23(12-32)35-24(31-22)18-4-2-17(11-28)3-5-18/h2-7,10,14-16,34H,8-9,12-13H2,1H3/t16-,25-/m1/s1. The van der Waals surface area contributed by atoms with Crippen molar-refractivity contribution in [2.24, 2.45) is 0 Å².